The lowest BCUT2D eigenvalue weighted by Crippen LogP contribution is -2.05. The summed E-state index contributed by atoms with van der Waals surface area (Å²) in [6, 6.07) is 121. The van der Waals surface area contributed by atoms with E-state index < -0.39 is 0 Å². The first-order valence-corrected chi connectivity index (χ1v) is 39.3. The predicted molar refractivity (Wildman–Crippen MR) is 478 cm³/mol. The summed E-state index contributed by atoms with van der Waals surface area (Å²) >= 11 is 0. The third-order valence-corrected chi connectivity index (χ3v) is 23.4. The van der Waals surface area contributed by atoms with Crippen LogP contribution in [0.5, 0.6) is 0 Å². The minimum absolute atomic E-state index is 0.505. The summed E-state index contributed by atoms with van der Waals surface area (Å²) in [6.07, 6.45) is 0.622. The first-order valence-electron chi connectivity index (χ1n) is 39.3. The van der Waals surface area contributed by atoms with E-state index in [-0.39, 0.29) is 0 Å². The van der Waals surface area contributed by atoms with Crippen LogP contribution in [0.4, 0.5) is 0 Å². The molecule has 0 bridgehead atoms. The smallest absolute Gasteiger partial charge is 0.104 e. The van der Waals surface area contributed by atoms with Gasteiger partial charge in [0, 0.05) is 43.1 Å². The molecule has 8 heteroatoms. The van der Waals surface area contributed by atoms with Gasteiger partial charge in [-0.05, 0) is 248 Å². The molecule has 0 aliphatic heterocycles. The van der Waals surface area contributed by atoms with Crippen LogP contribution in [0.1, 0.15) is 72.3 Å². The second-order valence-corrected chi connectivity index (χ2v) is 31.6. The molecule has 4 aromatic heterocycles. The molecule has 16 aromatic carbocycles. The molecule has 116 heavy (non-hydrogen) atoms. The monoisotopic (exact) mass is 1480 g/mol. The fourth-order valence-electron chi connectivity index (χ4n) is 18.7. The van der Waals surface area contributed by atoms with Crippen molar-refractivity contribution in [3.05, 3.63) is 382 Å². The molecule has 0 aliphatic carbocycles. The Balaban J connectivity index is 0.752. The molecule has 546 valence electrons. The summed E-state index contributed by atoms with van der Waals surface area (Å²) in [7, 11) is 0. The van der Waals surface area contributed by atoms with Crippen LogP contribution < -0.4 is 0 Å². The van der Waals surface area contributed by atoms with Crippen molar-refractivity contribution in [1.29, 1.82) is 21.0 Å². The molecule has 0 spiro atoms. The number of para-hydroxylation sites is 3. The van der Waals surface area contributed by atoms with Gasteiger partial charge in [0.2, 0.25) is 0 Å². The molecule has 0 radical (unpaired) electrons. The highest BCUT2D eigenvalue weighted by atomic mass is 15.0. The fourth-order valence-corrected chi connectivity index (χ4v) is 18.7. The maximum atomic E-state index is 12.1. The lowest BCUT2D eigenvalue weighted by molar-refractivity contribution is 1.12. The van der Waals surface area contributed by atoms with E-state index in [0.29, 0.717) is 28.7 Å². The first-order chi connectivity index (χ1) is 56.6. The van der Waals surface area contributed by atoms with Crippen LogP contribution in [-0.4, -0.2) is 18.3 Å². The van der Waals surface area contributed by atoms with Crippen molar-refractivity contribution < 1.29 is 0 Å². The summed E-state index contributed by atoms with van der Waals surface area (Å²) in [4.78, 5) is 0. The van der Waals surface area contributed by atoms with Gasteiger partial charge in [0.1, 0.15) is 23.3 Å². The minimum atomic E-state index is 0.505. The quantitative estimate of drug-likeness (QED) is 0.121. The summed E-state index contributed by atoms with van der Waals surface area (Å²) in [5.41, 5.74) is 35.5. The number of fused-ring (bicyclic) bond motifs is 12. The number of benzene rings is 16. The van der Waals surface area contributed by atoms with Gasteiger partial charge in [0.25, 0.3) is 0 Å². The van der Waals surface area contributed by atoms with Crippen molar-refractivity contribution in [2.75, 3.05) is 0 Å². The van der Waals surface area contributed by atoms with Gasteiger partial charge in [-0.1, -0.05) is 233 Å². The molecule has 0 saturated heterocycles. The normalized spacial score (nSPS) is 11.6. The Kier molecular flexibility index (Phi) is 16.6. The second kappa shape index (κ2) is 27.6. The summed E-state index contributed by atoms with van der Waals surface area (Å²) < 4.78 is 9.12. The van der Waals surface area contributed by atoms with E-state index in [0.717, 1.165) is 193 Å². The van der Waals surface area contributed by atoms with E-state index in [1.165, 1.54) is 33.4 Å². The molecule has 20 rings (SSSR count). The molecule has 0 N–H and O–H groups in total. The third kappa shape index (κ3) is 11.8. The first kappa shape index (κ1) is 69.8. The SMILES string of the molecule is Cc1cc(C)cc(-c2ccc3c(c2)c2ccccc2n3-c2cc(-c3cccc(C#N)c3)cc(-n3c4ccc(Cc5cc(C)cc(-c6ccc7c8ccccc8n(-c8cc(-c9cccc(C#N)c9)cc(-n9c%10ccccc%10c%10ccc(-c%11cc(C)cc(C)c%11)cc%109)c8C#N)c7c6)c5)cc4c4cc(-c5cc(C)cc(C)c5)ccc43)c2C#N)c1. The van der Waals surface area contributed by atoms with Crippen LogP contribution in [0.25, 0.3) is 177 Å². The maximum absolute atomic E-state index is 12.1. The molecule has 0 atom stereocenters. The number of aromatic nitrogens is 4. The molecule has 0 unspecified atom stereocenters. The average Bonchev–Trinajstić information content (AvgIpc) is 1.55. The van der Waals surface area contributed by atoms with E-state index in [4.69, 9.17) is 0 Å². The van der Waals surface area contributed by atoms with Gasteiger partial charge in [0.05, 0.1) is 90.1 Å². The van der Waals surface area contributed by atoms with Crippen LogP contribution in [0.15, 0.2) is 309 Å². The van der Waals surface area contributed by atoms with E-state index in [2.05, 4.69) is 364 Å². The Morgan fingerprint density at radius 1 is 0.198 bits per heavy atom. The molecule has 4 heterocycles. The molecule has 0 fully saturated rings. The van der Waals surface area contributed by atoms with Crippen LogP contribution in [0.3, 0.4) is 0 Å². The van der Waals surface area contributed by atoms with Gasteiger partial charge >= 0.3 is 0 Å². The predicted octanol–water partition coefficient (Wildman–Crippen LogP) is 27.3. The molecule has 20 aromatic rings. The van der Waals surface area contributed by atoms with E-state index in [9.17, 15) is 21.0 Å². The van der Waals surface area contributed by atoms with Gasteiger partial charge < -0.3 is 18.3 Å². The van der Waals surface area contributed by atoms with Gasteiger partial charge in [-0.3, -0.25) is 0 Å². The summed E-state index contributed by atoms with van der Waals surface area (Å²) in [5.74, 6) is 0. The van der Waals surface area contributed by atoms with Gasteiger partial charge in [-0.2, -0.15) is 21.0 Å². The topological polar surface area (TPSA) is 115 Å². The Morgan fingerprint density at radius 3 is 0.905 bits per heavy atom. The van der Waals surface area contributed by atoms with Crippen molar-refractivity contribution in [3.63, 3.8) is 0 Å². The highest BCUT2D eigenvalue weighted by molar-refractivity contribution is 6.15. The maximum Gasteiger partial charge on any atom is 0.104 e. The standard InChI is InChI=1S/C108H74N8/c1-64-36-65(2)41-81(40-64)77-29-34-101-93(52-77)89-22-10-13-25-99(89)113(101)105-56-85(75-18-14-16-72(48-75)60-109)57-106(95(105)62-111)114-100-33-26-71(51-92(100)94-53-78(30-35-102(94)114)82-42-66(3)37-67(4)43-82)47-74-39-70(7)46-84(50-74)80-28-32-91-88-21-9-12-24-98(88)116(104(91)55-80)108-59-86(76-19-15-17-73(49-76)61-110)58-107(96(108)63-112)115-97-23-11-8-20-87(97)90-31-27-79(54-103(90)115)83-44-68(5)38-69(6)45-83/h8-46,48-59H,47H2,1-7H3. The van der Waals surface area contributed by atoms with Crippen LogP contribution in [-0.2, 0) is 6.42 Å². The third-order valence-electron chi connectivity index (χ3n) is 23.4. The van der Waals surface area contributed by atoms with Crippen LogP contribution in [0.2, 0.25) is 0 Å². The van der Waals surface area contributed by atoms with Crippen molar-refractivity contribution in [2.24, 2.45) is 0 Å². The molecule has 8 nitrogen and oxygen atoms in total. The van der Waals surface area contributed by atoms with Crippen LogP contribution >= 0.6 is 0 Å². The van der Waals surface area contributed by atoms with Gasteiger partial charge in [0.15, 0.2) is 0 Å². The number of rotatable bonds is 12. The van der Waals surface area contributed by atoms with Gasteiger partial charge in [-0.15, -0.1) is 0 Å². The highest BCUT2D eigenvalue weighted by Crippen LogP contribution is 2.46. The lowest BCUT2D eigenvalue weighted by atomic mass is 9.95. The number of aryl methyl sites for hydroxylation is 7. The molecule has 0 amide bonds. The van der Waals surface area contributed by atoms with Gasteiger partial charge in [-0.25, -0.2) is 0 Å². The Morgan fingerprint density at radius 2 is 0.500 bits per heavy atom. The summed E-state index contributed by atoms with van der Waals surface area (Å²) in [6.45, 7) is 15.1. The number of nitriles is 4. The van der Waals surface area contributed by atoms with E-state index in [1.54, 1.807) is 0 Å². The van der Waals surface area contributed by atoms with Crippen molar-refractivity contribution in [1.82, 2.24) is 18.3 Å². The van der Waals surface area contributed by atoms with Crippen LogP contribution in [0, 0.1) is 93.8 Å². The van der Waals surface area contributed by atoms with E-state index in [1.807, 2.05) is 36.4 Å². The van der Waals surface area contributed by atoms with Crippen molar-refractivity contribution >= 4 is 87.2 Å². The zero-order chi connectivity index (χ0) is 78.9. The Labute approximate surface area is 672 Å². The lowest BCUT2D eigenvalue weighted by Gasteiger charge is -2.19. The van der Waals surface area contributed by atoms with Crippen molar-refractivity contribution in [3.8, 4) is 114 Å². The van der Waals surface area contributed by atoms with Crippen molar-refractivity contribution in [2.45, 2.75) is 54.9 Å². The fraction of sp³-hybridized carbons (Fsp3) is 0.0741. The highest BCUT2D eigenvalue weighted by Gasteiger charge is 2.27. The molecular weight excluding hydrogens is 1410 g/mol. The number of hydrogen-bond acceptors (Lipinski definition) is 4. The Hall–Kier alpha value is -15.3. The number of nitrogens with zero attached hydrogens (tertiary/aromatic N) is 8. The molecule has 0 aliphatic rings. The zero-order valence-corrected chi connectivity index (χ0v) is 65.2. The molecule has 0 saturated carbocycles. The summed E-state index contributed by atoms with van der Waals surface area (Å²) in [5, 5.41) is 53.5. The molecular formula is C108H74N8. The average molecular weight is 1480 g/mol. The number of hydrogen-bond donors (Lipinski definition) is 0. The largest absolute Gasteiger partial charge is 0.308 e. The second-order valence-electron chi connectivity index (χ2n) is 31.6. The van der Waals surface area contributed by atoms with E-state index >= 15 is 0 Å². The Bertz CT molecular complexity index is 7760. The minimum Gasteiger partial charge on any atom is -0.308 e. The zero-order valence-electron chi connectivity index (χ0n) is 65.2.